The third kappa shape index (κ3) is 1.63. The van der Waals surface area contributed by atoms with Crippen molar-refractivity contribution < 1.29 is 9.63 Å². The number of aldehydes is 1. The van der Waals surface area contributed by atoms with Gasteiger partial charge in [0.15, 0.2) is 6.29 Å². The molecule has 96 valence electrons. The molecule has 1 atom stereocenters. The summed E-state index contributed by atoms with van der Waals surface area (Å²) in [4.78, 5) is 17.5. The number of nitrogens with zero attached hydrogens (tertiary/aromatic N) is 1. The van der Waals surface area contributed by atoms with Crippen LogP contribution in [0.25, 0.3) is 0 Å². The van der Waals surface area contributed by atoms with Crippen LogP contribution in [0.5, 0.6) is 0 Å². The second kappa shape index (κ2) is 3.35. The van der Waals surface area contributed by atoms with Crippen molar-refractivity contribution in [2.24, 2.45) is 5.41 Å². The van der Waals surface area contributed by atoms with Gasteiger partial charge in [0.05, 0.1) is 16.7 Å². The molecule has 1 unspecified atom stereocenters. The fourth-order valence-corrected chi connectivity index (χ4v) is 3.00. The number of carbonyl (C=O) groups is 1. The normalized spacial score (nSPS) is 32.6. The predicted molar refractivity (Wildman–Crippen MR) is 67.2 cm³/mol. The molecular formula is C14H23NO2. The summed E-state index contributed by atoms with van der Waals surface area (Å²) in [6, 6.07) is 0. The van der Waals surface area contributed by atoms with E-state index in [1.807, 2.05) is 5.06 Å². The minimum Gasteiger partial charge on any atom is -0.408 e. The lowest BCUT2D eigenvalue weighted by atomic mass is 9.83. The van der Waals surface area contributed by atoms with Crippen molar-refractivity contribution in [3.05, 3.63) is 11.3 Å². The summed E-state index contributed by atoms with van der Waals surface area (Å²) in [7, 11) is 0. The van der Waals surface area contributed by atoms with Crippen molar-refractivity contribution in [1.29, 1.82) is 0 Å². The van der Waals surface area contributed by atoms with Crippen LogP contribution in [-0.4, -0.2) is 22.4 Å². The number of hydroxylamine groups is 2. The van der Waals surface area contributed by atoms with Crippen LogP contribution in [0.4, 0.5) is 0 Å². The predicted octanol–water partition coefficient (Wildman–Crippen LogP) is 3.06. The molecule has 0 spiro atoms. The molecule has 17 heavy (non-hydrogen) atoms. The monoisotopic (exact) mass is 237 g/mol. The van der Waals surface area contributed by atoms with Crippen LogP contribution in [0.1, 0.15) is 54.4 Å². The van der Waals surface area contributed by atoms with E-state index in [4.69, 9.17) is 4.84 Å². The molecule has 0 aromatic carbocycles. The zero-order valence-electron chi connectivity index (χ0n) is 11.8. The summed E-state index contributed by atoms with van der Waals surface area (Å²) in [5.41, 5.74) is 0.458. The largest absolute Gasteiger partial charge is 0.408 e. The molecule has 0 N–H and O–H groups in total. The van der Waals surface area contributed by atoms with Crippen molar-refractivity contribution in [3.8, 4) is 0 Å². The van der Waals surface area contributed by atoms with Crippen LogP contribution in [0.3, 0.4) is 0 Å². The first-order valence-corrected chi connectivity index (χ1v) is 6.32. The standard InChI is InChI=1S/C14H23NO2/c1-12(2,3)11-10(9-16)14(6)8-7-13(4,5)15(14)17-11/h9H,7-8H2,1-6H3. The van der Waals surface area contributed by atoms with Gasteiger partial charge in [-0.05, 0) is 33.6 Å². The van der Waals surface area contributed by atoms with Crippen molar-refractivity contribution in [3.63, 3.8) is 0 Å². The Kier molecular flexibility index (Phi) is 2.48. The minimum atomic E-state index is -0.242. The highest BCUT2D eigenvalue weighted by Crippen LogP contribution is 2.53. The Balaban J connectivity index is 2.50. The van der Waals surface area contributed by atoms with Gasteiger partial charge in [-0.25, -0.2) is 0 Å². The van der Waals surface area contributed by atoms with Crippen LogP contribution >= 0.6 is 0 Å². The zero-order valence-corrected chi connectivity index (χ0v) is 11.8. The Morgan fingerprint density at radius 2 is 1.82 bits per heavy atom. The summed E-state index contributed by atoms with van der Waals surface area (Å²) in [5.74, 6) is 0.836. The molecule has 1 saturated heterocycles. The van der Waals surface area contributed by atoms with Crippen LogP contribution in [0.2, 0.25) is 0 Å². The Hall–Kier alpha value is -0.830. The lowest BCUT2D eigenvalue weighted by molar-refractivity contribution is -0.191. The molecule has 0 aliphatic carbocycles. The van der Waals surface area contributed by atoms with Crippen molar-refractivity contribution in [2.75, 3.05) is 0 Å². The van der Waals surface area contributed by atoms with Gasteiger partial charge in [-0.2, -0.15) is 0 Å². The van der Waals surface area contributed by atoms with E-state index < -0.39 is 0 Å². The fourth-order valence-electron chi connectivity index (χ4n) is 3.00. The average molecular weight is 237 g/mol. The second-order valence-electron chi connectivity index (χ2n) is 7.08. The van der Waals surface area contributed by atoms with Gasteiger partial charge in [0.1, 0.15) is 5.76 Å². The van der Waals surface area contributed by atoms with Gasteiger partial charge in [-0.3, -0.25) is 4.79 Å². The van der Waals surface area contributed by atoms with Crippen molar-refractivity contribution in [1.82, 2.24) is 5.06 Å². The molecule has 2 aliphatic heterocycles. The number of rotatable bonds is 1. The van der Waals surface area contributed by atoms with Crippen LogP contribution in [0.15, 0.2) is 11.3 Å². The molecule has 2 rings (SSSR count). The lowest BCUT2D eigenvalue weighted by Crippen LogP contribution is -2.46. The maximum atomic E-state index is 11.5. The fraction of sp³-hybridized carbons (Fsp3) is 0.786. The first-order chi connectivity index (χ1) is 7.63. The van der Waals surface area contributed by atoms with Crippen LogP contribution < -0.4 is 0 Å². The number of fused-ring (bicyclic) bond motifs is 1. The van der Waals surface area contributed by atoms with E-state index >= 15 is 0 Å². The van der Waals surface area contributed by atoms with Crippen LogP contribution in [0, 0.1) is 5.41 Å². The second-order valence-corrected chi connectivity index (χ2v) is 7.08. The first-order valence-electron chi connectivity index (χ1n) is 6.32. The van der Waals surface area contributed by atoms with E-state index in [1.54, 1.807) is 0 Å². The van der Waals surface area contributed by atoms with Gasteiger partial charge in [-0.1, -0.05) is 20.8 Å². The summed E-state index contributed by atoms with van der Waals surface area (Å²) in [5, 5.41) is 2.03. The van der Waals surface area contributed by atoms with Crippen molar-refractivity contribution >= 4 is 6.29 Å². The molecule has 0 bridgehead atoms. The van der Waals surface area contributed by atoms with Gasteiger partial charge in [-0.15, -0.1) is 5.06 Å². The third-order valence-corrected chi connectivity index (χ3v) is 4.03. The molecule has 3 heteroatoms. The van der Waals surface area contributed by atoms with E-state index in [1.165, 1.54) is 0 Å². The molecule has 1 fully saturated rings. The first kappa shape index (κ1) is 12.6. The highest BCUT2D eigenvalue weighted by molar-refractivity contribution is 5.79. The maximum Gasteiger partial charge on any atom is 0.151 e. The molecule has 0 aromatic rings. The molecule has 2 aliphatic rings. The van der Waals surface area contributed by atoms with Gasteiger partial charge in [0.25, 0.3) is 0 Å². The van der Waals surface area contributed by atoms with E-state index in [9.17, 15) is 4.79 Å². The number of hydrogen-bond acceptors (Lipinski definition) is 3. The Bertz CT molecular complexity index is 390. The average Bonchev–Trinajstić information content (AvgIpc) is 2.59. The zero-order chi connectivity index (χ0) is 13.1. The summed E-state index contributed by atoms with van der Waals surface area (Å²) < 4.78 is 0. The summed E-state index contributed by atoms with van der Waals surface area (Å²) >= 11 is 0. The third-order valence-electron chi connectivity index (χ3n) is 4.03. The van der Waals surface area contributed by atoms with Gasteiger partial charge in [0.2, 0.25) is 0 Å². The lowest BCUT2D eigenvalue weighted by Gasteiger charge is -2.35. The number of carbonyl (C=O) groups excluding carboxylic acids is 1. The van der Waals surface area contributed by atoms with Crippen LogP contribution in [-0.2, 0) is 9.63 Å². The molecule has 0 aromatic heterocycles. The van der Waals surface area contributed by atoms with Gasteiger partial charge < -0.3 is 4.84 Å². The SMILES string of the molecule is CC(C)(C)C1=C(C=O)C2(C)CCC(C)(C)N2O1. The Morgan fingerprint density at radius 1 is 1.24 bits per heavy atom. The number of allylic oxidation sites excluding steroid dienone is 1. The van der Waals surface area contributed by atoms with E-state index in [-0.39, 0.29) is 16.5 Å². The molecular weight excluding hydrogens is 214 g/mol. The Morgan fingerprint density at radius 3 is 2.29 bits per heavy atom. The summed E-state index contributed by atoms with van der Waals surface area (Å²) in [6.07, 6.45) is 3.02. The quantitative estimate of drug-likeness (QED) is 0.656. The van der Waals surface area contributed by atoms with E-state index in [0.717, 1.165) is 30.5 Å². The smallest absolute Gasteiger partial charge is 0.151 e. The van der Waals surface area contributed by atoms with Gasteiger partial charge >= 0.3 is 0 Å². The number of hydrogen-bond donors (Lipinski definition) is 0. The minimum absolute atomic E-state index is 0.00396. The summed E-state index contributed by atoms with van der Waals surface area (Å²) in [6.45, 7) is 12.7. The molecule has 3 nitrogen and oxygen atoms in total. The van der Waals surface area contributed by atoms with E-state index in [2.05, 4.69) is 41.5 Å². The van der Waals surface area contributed by atoms with Gasteiger partial charge in [0, 0.05) is 5.41 Å². The molecule has 0 radical (unpaired) electrons. The maximum absolute atomic E-state index is 11.5. The molecule has 0 amide bonds. The van der Waals surface area contributed by atoms with E-state index in [0.29, 0.717) is 0 Å². The highest BCUT2D eigenvalue weighted by Gasteiger charge is 2.57. The Labute approximate surface area is 104 Å². The highest BCUT2D eigenvalue weighted by atomic mass is 16.7. The molecule has 2 heterocycles. The topological polar surface area (TPSA) is 29.5 Å². The molecule has 0 saturated carbocycles. The van der Waals surface area contributed by atoms with Crippen molar-refractivity contribution in [2.45, 2.75) is 65.5 Å².